The maximum atomic E-state index is 5.12. The van der Waals surface area contributed by atoms with Gasteiger partial charge in [-0.05, 0) is 30.5 Å². The largest absolute Gasteiger partial charge is 0.428 e. The van der Waals surface area contributed by atoms with E-state index in [1.54, 1.807) is 0 Å². The SMILES string of the molecule is [SiH3]OCCCc1ccc(Br)cc1. The maximum Gasteiger partial charge on any atom is 0.145 e. The van der Waals surface area contributed by atoms with Crippen LogP contribution in [0.15, 0.2) is 28.7 Å². The first-order chi connectivity index (χ1) is 5.83. The fourth-order valence-electron chi connectivity index (χ4n) is 1.07. The van der Waals surface area contributed by atoms with Crippen molar-refractivity contribution < 1.29 is 4.43 Å². The lowest BCUT2D eigenvalue weighted by molar-refractivity contribution is 0.341. The van der Waals surface area contributed by atoms with Crippen LogP contribution in [-0.4, -0.2) is 17.1 Å². The van der Waals surface area contributed by atoms with Crippen LogP contribution < -0.4 is 0 Å². The van der Waals surface area contributed by atoms with Gasteiger partial charge in [-0.25, -0.2) is 0 Å². The van der Waals surface area contributed by atoms with Crippen LogP contribution in [0.25, 0.3) is 0 Å². The van der Waals surface area contributed by atoms with Crippen LogP contribution in [0.3, 0.4) is 0 Å². The molecule has 0 aliphatic rings. The maximum absolute atomic E-state index is 5.12. The van der Waals surface area contributed by atoms with E-state index < -0.39 is 0 Å². The van der Waals surface area contributed by atoms with Crippen LogP contribution in [0.2, 0.25) is 0 Å². The fraction of sp³-hybridized carbons (Fsp3) is 0.333. The van der Waals surface area contributed by atoms with Crippen molar-refractivity contribution in [1.82, 2.24) is 0 Å². The zero-order chi connectivity index (χ0) is 8.81. The fourth-order valence-corrected chi connectivity index (χ4v) is 1.62. The monoisotopic (exact) mass is 244 g/mol. The summed E-state index contributed by atoms with van der Waals surface area (Å²) >= 11 is 3.41. The van der Waals surface area contributed by atoms with Crippen LogP contribution in [0.4, 0.5) is 0 Å². The summed E-state index contributed by atoms with van der Waals surface area (Å²) in [5.74, 6) is 0. The molecule has 0 radical (unpaired) electrons. The molecule has 66 valence electrons. The average molecular weight is 245 g/mol. The average Bonchev–Trinajstić information content (AvgIpc) is 2.09. The lowest BCUT2D eigenvalue weighted by Gasteiger charge is -2.00. The molecule has 0 spiro atoms. The molecule has 0 aromatic heterocycles. The molecular formula is C9H13BrOSi. The third kappa shape index (κ3) is 3.52. The molecular weight excluding hydrogens is 232 g/mol. The van der Waals surface area contributed by atoms with Gasteiger partial charge in [0.1, 0.15) is 10.5 Å². The van der Waals surface area contributed by atoms with Crippen molar-refractivity contribution in [3.05, 3.63) is 34.3 Å². The second-order valence-corrected chi connectivity index (χ2v) is 4.22. The highest BCUT2D eigenvalue weighted by molar-refractivity contribution is 9.10. The predicted octanol–water partition coefficient (Wildman–Crippen LogP) is 1.68. The van der Waals surface area contributed by atoms with Gasteiger partial charge in [0, 0.05) is 11.1 Å². The van der Waals surface area contributed by atoms with E-state index in [4.69, 9.17) is 4.43 Å². The molecule has 12 heavy (non-hydrogen) atoms. The summed E-state index contributed by atoms with van der Waals surface area (Å²) in [7, 11) is 0.857. The van der Waals surface area contributed by atoms with Crippen molar-refractivity contribution in [2.45, 2.75) is 12.8 Å². The minimum atomic E-state index is 0.857. The number of hydrogen-bond acceptors (Lipinski definition) is 1. The Balaban J connectivity index is 2.37. The Hall–Kier alpha value is -0.123. The quantitative estimate of drug-likeness (QED) is 0.579. The molecule has 1 aromatic rings. The second kappa shape index (κ2) is 5.51. The highest BCUT2D eigenvalue weighted by Gasteiger charge is 1.92. The number of hydrogen-bond donors (Lipinski definition) is 0. The molecule has 1 aromatic carbocycles. The highest BCUT2D eigenvalue weighted by atomic mass is 79.9. The third-order valence-corrected chi connectivity index (χ3v) is 2.66. The molecule has 0 aliphatic heterocycles. The van der Waals surface area contributed by atoms with Crippen molar-refractivity contribution in [3.63, 3.8) is 0 Å². The second-order valence-electron chi connectivity index (χ2n) is 2.72. The highest BCUT2D eigenvalue weighted by Crippen LogP contribution is 2.11. The third-order valence-electron chi connectivity index (χ3n) is 1.73. The molecule has 0 N–H and O–H groups in total. The van der Waals surface area contributed by atoms with Crippen LogP contribution in [0, 0.1) is 0 Å². The molecule has 0 amide bonds. The van der Waals surface area contributed by atoms with E-state index in [-0.39, 0.29) is 0 Å². The first-order valence-electron chi connectivity index (χ1n) is 4.06. The van der Waals surface area contributed by atoms with Gasteiger partial charge in [0.25, 0.3) is 0 Å². The smallest absolute Gasteiger partial charge is 0.145 e. The molecule has 0 atom stereocenters. The molecule has 1 nitrogen and oxygen atoms in total. The molecule has 0 aliphatic carbocycles. The molecule has 0 saturated heterocycles. The Labute approximate surface area is 84.8 Å². The summed E-state index contributed by atoms with van der Waals surface area (Å²) < 4.78 is 6.26. The van der Waals surface area contributed by atoms with Crippen molar-refractivity contribution >= 4 is 26.4 Å². The standard InChI is InChI=1S/C9H13BrOSi/c10-9-5-3-8(4-6-9)2-1-7-11-12/h3-6H,1-2,7H2,12H3. The van der Waals surface area contributed by atoms with Gasteiger partial charge in [-0.2, -0.15) is 0 Å². The molecule has 0 heterocycles. The molecule has 0 unspecified atom stereocenters. The molecule has 0 saturated carbocycles. The Morgan fingerprint density at radius 3 is 2.50 bits per heavy atom. The molecule has 0 bridgehead atoms. The summed E-state index contributed by atoms with van der Waals surface area (Å²) in [6.07, 6.45) is 2.25. The Kier molecular flexibility index (Phi) is 4.57. The minimum Gasteiger partial charge on any atom is -0.428 e. The number of benzene rings is 1. The lowest BCUT2D eigenvalue weighted by atomic mass is 10.1. The van der Waals surface area contributed by atoms with Crippen molar-refractivity contribution in [2.24, 2.45) is 0 Å². The van der Waals surface area contributed by atoms with E-state index in [9.17, 15) is 0 Å². The molecule has 1 rings (SSSR count). The Morgan fingerprint density at radius 2 is 1.92 bits per heavy atom. The molecule has 3 heteroatoms. The number of halogens is 1. The summed E-state index contributed by atoms with van der Waals surface area (Å²) in [6, 6.07) is 8.46. The van der Waals surface area contributed by atoms with Gasteiger partial charge in [0.15, 0.2) is 0 Å². The Bertz CT molecular complexity index is 222. The summed E-state index contributed by atoms with van der Waals surface area (Å²) in [4.78, 5) is 0. The van der Waals surface area contributed by atoms with Crippen molar-refractivity contribution in [1.29, 1.82) is 0 Å². The molecule has 0 fully saturated rings. The van der Waals surface area contributed by atoms with E-state index in [2.05, 4.69) is 40.2 Å². The van der Waals surface area contributed by atoms with Gasteiger partial charge < -0.3 is 4.43 Å². The summed E-state index contributed by atoms with van der Waals surface area (Å²) in [6.45, 7) is 0.905. The van der Waals surface area contributed by atoms with Gasteiger partial charge in [-0.15, -0.1) is 0 Å². The van der Waals surface area contributed by atoms with Crippen LogP contribution in [-0.2, 0) is 10.8 Å². The van der Waals surface area contributed by atoms with Gasteiger partial charge >= 0.3 is 0 Å². The van der Waals surface area contributed by atoms with E-state index in [0.29, 0.717) is 0 Å². The van der Waals surface area contributed by atoms with Gasteiger partial charge in [0.2, 0.25) is 0 Å². The van der Waals surface area contributed by atoms with Crippen LogP contribution in [0.1, 0.15) is 12.0 Å². The zero-order valence-corrected chi connectivity index (χ0v) is 10.8. The lowest BCUT2D eigenvalue weighted by Crippen LogP contribution is -1.92. The van der Waals surface area contributed by atoms with Gasteiger partial charge in [-0.1, -0.05) is 28.1 Å². The van der Waals surface area contributed by atoms with Crippen LogP contribution >= 0.6 is 15.9 Å². The number of aryl methyl sites for hydroxylation is 1. The minimum absolute atomic E-state index is 0.857. The van der Waals surface area contributed by atoms with Gasteiger partial charge in [0.05, 0.1) is 0 Å². The predicted molar refractivity (Wildman–Crippen MR) is 58.4 cm³/mol. The van der Waals surface area contributed by atoms with Crippen molar-refractivity contribution in [2.75, 3.05) is 6.61 Å². The first kappa shape index (κ1) is 9.96. The normalized spacial score (nSPS) is 10.4. The van der Waals surface area contributed by atoms with Crippen LogP contribution in [0.5, 0.6) is 0 Å². The number of rotatable bonds is 4. The van der Waals surface area contributed by atoms with E-state index in [1.807, 2.05) is 0 Å². The summed E-state index contributed by atoms with van der Waals surface area (Å²) in [5, 5.41) is 0. The Morgan fingerprint density at radius 1 is 1.25 bits per heavy atom. The first-order valence-corrected chi connectivity index (χ1v) is 5.67. The topological polar surface area (TPSA) is 9.23 Å². The van der Waals surface area contributed by atoms with Gasteiger partial charge in [-0.3, -0.25) is 0 Å². The van der Waals surface area contributed by atoms with E-state index in [1.165, 1.54) is 5.56 Å². The van der Waals surface area contributed by atoms with E-state index >= 15 is 0 Å². The van der Waals surface area contributed by atoms with Crippen molar-refractivity contribution in [3.8, 4) is 0 Å². The zero-order valence-electron chi connectivity index (χ0n) is 7.22. The van der Waals surface area contributed by atoms with E-state index in [0.717, 1.165) is 34.4 Å². The summed E-state index contributed by atoms with van der Waals surface area (Å²) in [5.41, 5.74) is 1.39.